The second-order valence-electron chi connectivity index (χ2n) is 4.84. The van der Waals surface area contributed by atoms with E-state index in [0.717, 1.165) is 41.4 Å². The normalized spacial score (nSPS) is 11.1. The molecule has 0 atom stereocenters. The predicted octanol–water partition coefficient (Wildman–Crippen LogP) is 4.09. The van der Waals surface area contributed by atoms with Gasteiger partial charge in [-0.3, -0.25) is 0 Å². The van der Waals surface area contributed by atoms with E-state index in [1.165, 1.54) is 5.56 Å². The lowest BCUT2D eigenvalue weighted by Crippen LogP contribution is -2.05. The van der Waals surface area contributed by atoms with Gasteiger partial charge in [0.25, 0.3) is 0 Å². The lowest BCUT2D eigenvalue weighted by atomic mass is 10.2. The Kier molecular flexibility index (Phi) is 3.70. The van der Waals surface area contributed by atoms with Crippen LogP contribution in [0, 0.1) is 0 Å². The molecule has 0 fully saturated rings. The van der Waals surface area contributed by atoms with Gasteiger partial charge in [-0.05, 0) is 36.2 Å². The van der Waals surface area contributed by atoms with Gasteiger partial charge < -0.3 is 4.57 Å². The van der Waals surface area contributed by atoms with E-state index in [0.29, 0.717) is 0 Å². The van der Waals surface area contributed by atoms with E-state index in [1.807, 2.05) is 36.5 Å². The van der Waals surface area contributed by atoms with Gasteiger partial charge in [-0.2, -0.15) is 0 Å². The van der Waals surface area contributed by atoms with Gasteiger partial charge in [0, 0.05) is 17.6 Å². The van der Waals surface area contributed by atoms with Crippen LogP contribution in [0.1, 0.15) is 24.7 Å². The Morgan fingerprint density at radius 3 is 2.90 bits per heavy atom. The maximum absolute atomic E-state index is 6.06. The van der Waals surface area contributed by atoms with Crippen LogP contribution < -0.4 is 0 Å². The SMILES string of the molecule is CCCc1nc2cccnc2n1Cc1cccc(Cl)c1. The molecule has 1 aromatic carbocycles. The highest BCUT2D eigenvalue weighted by Gasteiger charge is 2.11. The molecule has 0 amide bonds. The molecule has 0 radical (unpaired) electrons. The summed E-state index contributed by atoms with van der Waals surface area (Å²) in [5.41, 5.74) is 3.06. The first-order valence-electron chi connectivity index (χ1n) is 6.82. The summed E-state index contributed by atoms with van der Waals surface area (Å²) >= 11 is 6.06. The Morgan fingerprint density at radius 2 is 2.10 bits per heavy atom. The van der Waals surface area contributed by atoms with Gasteiger partial charge in [-0.15, -0.1) is 0 Å². The second kappa shape index (κ2) is 5.63. The van der Waals surface area contributed by atoms with Crippen LogP contribution in [0.2, 0.25) is 5.02 Å². The summed E-state index contributed by atoms with van der Waals surface area (Å²) in [6.07, 6.45) is 3.84. The van der Waals surface area contributed by atoms with Crippen LogP contribution >= 0.6 is 11.6 Å². The van der Waals surface area contributed by atoms with E-state index in [9.17, 15) is 0 Å². The fourth-order valence-electron chi connectivity index (χ4n) is 2.40. The molecular formula is C16H16ClN3. The number of halogens is 1. The Morgan fingerprint density at radius 1 is 1.20 bits per heavy atom. The molecule has 0 aliphatic carbocycles. The number of nitrogens with zero attached hydrogens (tertiary/aromatic N) is 3. The first-order valence-corrected chi connectivity index (χ1v) is 7.20. The van der Waals surface area contributed by atoms with Crippen molar-refractivity contribution in [2.75, 3.05) is 0 Å². The van der Waals surface area contributed by atoms with Crippen LogP contribution in [0.25, 0.3) is 11.2 Å². The quantitative estimate of drug-likeness (QED) is 0.723. The van der Waals surface area contributed by atoms with Crippen LogP contribution in [-0.4, -0.2) is 14.5 Å². The minimum absolute atomic E-state index is 0.753. The number of imidazole rings is 1. The number of aryl methyl sites for hydroxylation is 1. The van der Waals surface area contributed by atoms with E-state index < -0.39 is 0 Å². The second-order valence-corrected chi connectivity index (χ2v) is 5.28. The minimum Gasteiger partial charge on any atom is -0.308 e. The number of fused-ring (bicyclic) bond motifs is 1. The molecule has 0 saturated carbocycles. The lowest BCUT2D eigenvalue weighted by molar-refractivity contribution is 0.716. The highest BCUT2D eigenvalue weighted by Crippen LogP contribution is 2.18. The first-order chi connectivity index (χ1) is 9.78. The molecule has 20 heavy (non-hydrogen) atoms. The van der Waals surface area contributed by atoms with Gasteiger partial charge in [0.15, 0.2) is 5.65 Å². The van der Waals surface area contributed by atoms with E-state index in [4.69, 9.17) is 11.6 Å². The highest BCUT2D eigenvalue weighted by atomic mass is 35.5. The third kappa shape index (κ3) is 2.54. The van der Waals surface area contributed by atoms with Gasteiger partial charge in [0.1, 0.15) is 11.3 Å². The first kappa shape index (κ1) is 13.1. The summed E-state index contributed by atoms with van der Waals surface area (Å²) in [6, 6.07) is 11.9. The summed E-state index contributed by atoms with van der Waals surface area (Å²) in [4.78, 5) is 9.16. The largest absolute Gasteiger partial charge is 0.308 e. The number of benzene rings is 1. The number of hydrogen-bond acceptors (Lipinski definition) is 2. The van der Waals surface area contributed by atoms with Crippen molar-refractivity contribution in [2.45, 2.75) is 26.3 Å². The third-order valence-electron chi connectivity index (χ3n) is 3.29. The molecule has 0 aliphatic heterocycles. The lowest BCUT2D eigenvalue weighted by Gasteiger charge is -2.08. The van der Waals surface area contributed by atoms with Gasteiger partial charge in [0.2, 0.25) is 0 Å². The zero-order valence-electron chi connectivity index (χ0n) is 11.4. The van der Waals surface area contributed by atoms with Gasteiger partial charge in [0.05, 0.1) is 6.54 Å². The van der Waals surface area contributed by atoms with Crippen molar-refractivity contribution in [3.63, 3.8) is 0 Å². The third-order valence-corrected chi connectivity index (χ3v) is 3.52. The van der Waals surface area contributed by atoms with E-state index in [2.05, 4.69) is 27.5 Å². The zero-order valence-corrected chi connectivity index (χ0v) is 12.1. The summed E-state index contributed by atoms with van der Waals surface area (Å²) < 4.78 is 2.19. The summed E-state index contributed by atoms with van der Waals surface area (Å²) in [7, 11) is 0. The van der Waals surface area contributed by atoms with Crippen molar-refractivity contribution < 1.29 is 0 Å². The molecule has 2 heterocycles. The molecule has 2 aromatic heterocycles. The topological polar surface area (TPSA) is 30.7 Å². The van der Waals surface area contributed by atoms with E-state index in [1.54, 1.807) is 0 Å². The summed E-state index contributed by atoms with van der Waals surface area (Å²) in [5, 5.41) is 0.761. The van der Waals surface area contributed by atoms with Crippen LogP contribution in [-0.2, 0) is 13.0 Å². The fraction of sp³-hybridized carbons (Fsp3) is 0.250. The molecule has 0 spiro atoms. The Balaban J connectivity index is 2.06. The number of rotatable bonds is 4. The van der Waals surface area contributed by atoms with Crippen LogP contribution in [0.15, 0.2) is 42.6 Å². The number of aromatic nitrogens is 3. The Bertz CT molecular complexity index is 733. The van der Waals surface area contributed by atoms with Crippen molar-refractivity contribution >= 4 is 22.8 Å². The molecule has 3 rings (SSSR count). The molecular weight excluding hydrogens is 270 g/mol. The van der Waals surface area contributed by atoms with Crippen molar-refractivity contribution in [3.05, 3.63) is 59.0 Å². The molecule has 0 saturated heterocycles. The van der Waals surface area contributed by atoms with Crippen LogP contribution in [0.4, 0.5) is 0 Å². The standard InChI is InChI=1S/C16H16ClN3/c1-2-5-15-19-14-8-4-9-18-16(14)20(15)11-12-6-3-7-13(17)10-12/h3-4,6-10H,2,5,11H2,1H3. The highest BCUT2D eigenvalue weighted by molar-refractivity contribution is 6.30. The number of pyridine rings is 1. The predicted molar refractivity (Wildman–Crippen MR) is 82.1 cm³/mol. The summed E-state index contributed by atoms with van der Waals surface area (Å²) in [5.74, 6) is 1.08. The van der Waals surface area contributed by atoms with Crippen molar-refractivity contribution in [1.82, 2.24) is 14.5 Å². The smallest absolute Gasteiger partial charge is 0.160 e. The van der Waals surface area contributed by atoms with Crippen molar-refractivity contribution in [2.24, 2.45) is 0 Å². The Labute approximate surface area is 123 Å². The molecule has 0 aliphatic rings. The maximum Gasteiger partial charge on any atom is 0.160 e. The van der Waals surface area contributed by atoms with Crippen LogP contribution in [0.3, 0.4) is 0 Å². The number of hydrogen-bond donors (Lipinski definition) is 0. The maximum atomic E-state index is 6.06. The van der Waals surface area contributed by atoms with Gasteiger partial charge in [-0.25, -0.2) is 9.97 Å². The summed E-state index contributed by atoms with van der Waals surface area (Å²) in [6.45, 7) is 2.92. The molecule has 4 heteroatoms. The van der Waals surface area contributed by atoms with Crippen LogP contribution in [0.5, 0.6) is 0 Å². The van der Waals surface area contributed by atoms with Crippen molar-refractivity contribution in [3.8, 4) is 0 Å². The average Bonchev–Trinajstić information content (AvgIpc) is 2.78. The Hall–Kier alpha value is -1.87. The fourth-order valence-corrected chi connectivity index (χ4v) is 2.62. The molecule has 3 nitrogen and oxygen atoms in total. The molecule has 0 unspecified atom stereocenters. The van der Waals surface area contributed by atoms with E-state index >= 15 is 0 Å². The minimum atomic E-state index is 0.753. The molecule has 0 bridgehead atoms. The van der Waals surface area contributed by atoms with Gasteiger partial charge in [-0.1, -0.05) is 30.7 Å². The molecule has 3 aromatic rings. The van der Waals surface area contributed by atoms with E-state index in [-0.39, 0.29) is 0 Å². The molecule has 0 N–H and O–H groups in total. The zero-order chi connectivity index (χ0) is 13.9. The van der Waals surface area contributed by atoms with Gasteiger partial charge >= 0.3 is 0 Å². The monoisotopic (exact) mass is 285 g/mol. The van der Waals surface area contributed by atoms with Crippen molar-refractivity contribution in [1.29, 1.82) is 0 Å². The molecule has 102 valence electrons. The average molecular weight is 286 g/mol.